The van der Waals surface area contributed by atoms with Gasteiger partial charge < -0.3 is 4.74 Å². The van der Waals surface area contributed by atoms with Crippen molar-refractivity contribution in [2.24, 2.45) is 5.92 Å². The Morgan fingerprint density at radius 1 is 1.50 bits per heavy atom. The average Bonchev–Trinajstić information content (AvgIpc) is 2.27. The molecule has 1 aliphatic rings. The number of hydrogen-bond acceptors (Lipinski definition) is 3. The van der Waals surface area contributed by atoms with Crippen molar-refractivity contribution in [3.63, 3.8) is 0 Å². The molecule has 0 aliphatic carbocycles. The maximum atomic E-state index is 9.41. The minimum absolute atomic E-state index is 0.141. The summed E-state index contributed by atoms with van der Waals surface area (Å²) in [5.41, 5.74) is -0.523. The van der Waals surface area contributed by atoms with E-state index in [-0.39, 0.29) is 11.1 Å². The van der Waals surface area contributed by atoms with Gasteiger partial charge in [-0.3, -0.25) is 5.32 Å². The molecule has 1 saturated heterocycles. The molecule has 1 N–H and O–H groups in total. The monoisotopic (exact) mass is 224 g/mol. The number of ether oxygens (including phenoxy) is 1. The molecule has 1 heterocycles. The molecule has 92 valence electrons. The standard InChI is InChI=1S/C13H24N2O/c1-5-12(4)9-13(10-14,6-7-16-12)15-8-11(2)3/h11,15H,5-9H2,1-4H3. The highest BCUT2D eigenvalue weighted by Gasteiger charge is 2.42. The van der Waals surface area contributed by atoms with Gasteiger partial charge >= 0.3 is 0 Å². The van der Waals surface area contributed by atoms with Crippen molar-refractivity contribution < 1.29 is 4.74 Å². The molecule has 1 aliphatic heterocycles. The van der Waals surface area contributed by atoms with Crippen molar-refractivity contribution in [1.29, 1.82) is 5.26 Å². The fourth-order valence-electron chi connectivity index (χ4n) is 2.16. The molecule has 1 fully saturated rings. The van der Waals surface area contributed by atoms with Gasteiger partial charge in [0.15, 0.2) is 0 Å². The van der Waals surface area contributed by atoms with E-state index in [1.54, 1.807) is 0 Å². The van der Waals surface area contributed by atoms with E-state index in [0.29, 0.717) is 12.5 Å². The van der Waals surface area contributed by atoms with Gasteiger partial charge in [-0.1, -0.05) is 20.8 Å². The maximum absolute atomic E-state index is 9.41. The summed E-state index contributed by atoms with van der Waals surface area (Å²) in [6.07, 6.45) is 2.55. The smallest absolute Gasteiger partial charge is 0.111 e. The zero-order chi connectivity index (χ0) is 12.2. The van der Waals surface area contributed by atoms with Gasteiger partial charge in [-0.25, -0.2) is 0 Å². The van der Waals surface area contributed by atoms with Crippen LogP contribution in [0.4, 0.5) is 0 Å². The Bertz CT molecular complexity index is 272. The van der Waals surface area contributed by atoms with Crippen LogP contribution in [-0.2, 0) is 4.74 Å². The molecule has 0 saturated carbocycles. The lowest BCUT2D eigenvalue weighted by Crippen LogP contribution is -2.55. The first-order valence-corrected chi connectivity index (χ1v) is 6.25. The topological polar surface area (TPSA) is 45.0 Å². The third-order valence-corrected chi connectivity index (χ3v) is 3.47. The van der Waals surface area contributed by atoms with E-state index in [4.69, 9.17) is 4.74 Å². The predicted octanol–water partition coefficient (Wildman–Crippen LogP) is 2.47. The summed E-state index contributed by atoms with van der Waals surface area (Å²) in [6.45, 7) is 10.1. The summed E-state index contributed by atoms with van der Waals surface area (Å²) in [5, 5.41) is 12.8. The fourth-order valence-corrected chi connectivity index (χ4v) is 2.16. The minimum Gasteiger partial charge on any atom is -0.375 e. The second-order valence-electron chi connectivity index (χ2n) is 5.55. The highest BCUT2D eigenvalue weighted by atomic mass is 16.5. The summed E-state index contributed by atoms with van der Waals surface area (Å²) >= 11 is 0. The largest absolute Gasteiger partial charge is 0.375 e. The van der Waals surface area contributed by atoms with E-state index < -0.39 is 0 Å². The lowest BCUT2D eigenvalue weighted by molar-refractivity contribution is -0.0906. The predicted molar refractivity (Wildman–Crippen MR) is 65.1 cm³/mol. The Morgan fingerprint density at radius 2 is 2.19 bits per heavy atom. The first-order valence-electron chi connectivity index (χ1n) is 6.25. The van der Waals surface area contributed by atoms with E-state index in [1.165, 1.54) is 0 Å². The van der Waals surface area contributed by atoms with Gasteiger partial charge in [0.1, 0.15) is 5.54 Å². The van der Waals surface area contributed by atoms with Crippen LogP contribution in [0.2, 0.25) is 0 Å². The van der Waals surface area contributed by atoms with Crippen LogP contribution in [-0.4, -0.2) is 24.3 Å². The summed E-state index contributed by atoms with van der Waals surface area (Å²) < 4.78 is 5.79. The van der Waals surface area contributed by atoms with Gasteiger partial charge in [-0.2, -0.15) is 5.26 Å². The molecular formula is C13H24N2O. The van der Waals surface area contributed by atoms with Gasteiger partial charge in [-0.05, 0) is 25.8 Å². The van der Waals surface area contributed by atoms with E-state index in [2.05, 4.69) is 39.1 Å². The molecule has 0 bridgehead atoms. The minimum atomic E-state index is -0.382. The van der Waals surface area contributed by atoms with Crippen LogP contribution >= 0.6 is 0 Å². The molecule has 0 aromatic rings. The fraction of sp³-hybridized carbons (Fsp3) is 0.923. The van der Waals surface area contributed by atoms with Crippen molar-refractivity contribution in [3.05, 3.63) is 0 Å². The SMILES string of the molecule is CCC1(C)CC(C#N)(NCC(C)C)CCO1. The van der Waals surface area contributed by atoms with Gasteiger partial charge in [0.2, 0.25) is 0 Å². The van der Waals surface area contributed by atoms with Crippen LogP contribution in [0.3, 0.4) is 0 Å². The van der Waals surface area contributed by atoms with Gasteiger partial charge in [0, 0.05) is 12.8 Å². The van der Waals surface area contributed by atoms with Crippen molar-refractivity contribution in [1.82, 2.24) is 5.32 Å². The molecule has 3 heteroatoms. The zero-order valence-corrected chi connectivity index (χ0v) is 11.0. The molecule has 2 unspecified atom stereocenters. The van der Waals surface area contributed by atoms with Crippen LogP contribution < -0.4 is 5.32 Å². The molecule has 2 atom stereocenters. The molecule has 0 amide bonds. The highest BCUT2D eigenvalue weighted by Crippen LogP contribution is 2.34. The lowest BCUT2D eigenvalue weighted by Gasteiger charge is -2.43. The molecule has 0 radical (unpaired) electrons. The highest BCUT2D eigenvalue weighted by molar-refractivity contribution is 5.12. The molecule has 1 rings (SSSR count). The number of nitrogens with zero attached hydrogens (tertiary/aromatic N) is 1. The first kappa shape index (κ1) is 13.5. The summed E-state index contributed by atoms with van der Waals surface area (Å²) in [5.74, 6) is 0.570. The van der Waals surface area contributed by atoms with Gasteiger partial charge in [-0.15, -0.1) is 0 Å². The van der Waals surface area contributed by atoms with Crippen LogP contribution in [0.5, 0.6) is 0 Å². The van der Waals surface area contributed by atoms with Gasteiger partial charge in [0.25, 0.3) is 0 Å². The first-order chi connectivity index (χ1) is 7.45. The third-order valence-electron chi connectivity index (χ3n) is 3.47. The zero-order valence-electron chi connectivity index (χ0n) is 11.0. The average molecular weight is 224 g/mol. The molecule has 0 spiro atoms. The molecule has 0 aromatic carbocycles. The van der Waals surface area contributed by atoms with E-state index in [9.17, 15) is 5.26 Å². The Kier molecular flexibility index (Phi) is 4.35. The van der Waals surface area contributed by atoms with Gasteiger partial charge in [0.05, 0.1) is 18.3 Å². The van der Waals surface area contributed by atoms with Crippen LogP contribution in [0, 0.1) is 17.2 Å². The number of nitriles is 1. The van der Waals surface area contributed by atoms with E-state index in [1.807, 2.05) is 0 Å². The lowest BCUT2D eigenvalue weighted by atomic mass is 9.80. The van der Waals surface area contributed by atoms with Crippen molar-refractivity contribution >= 4 is 0 Å². The summed E-state index contributed by atoms with van der Waals surface area (Å²) in [4.78, 5) is 0. The Balaban J connectivity index is 2.69. The Labute approximate surface area is 99.2 Å². The van der Waals surface area contributed by atoms with Crippen molar-refractivity contribution in [3.8, 4) is 6.07 Å². The van der Waals surface area contributed by atoms with Crippen molar-refractivity contribution in [2.45, 2.75) is 58.1 Å². The second kappa shape index (κ2) is 5.16. The normalized spacial score (nSPS) is 35.0. The van der Waals surface area contributed by atoms with Crippen molar-refractivity contribution in [2.75, 3.05) is 13.2 Å². The Morgan fingerprint density at radius 3 is 2.69 bits per heavy atom. The quantitative estimate of drug-likeness (QED) is 0.798. The van der Waals surface area contributed by atoms with Crippen LogP contribution in [0.25, 0.3) is 0 Å². The number of nitrogens with one attached hydrogen (secondary N) is 1. The van der Waals surface area contributed by atoms with Crippen LogP contribution in [0.1, 0.15) is 47.0 Å². The molecule has 3 nitrogen and oxygen atoms in total. The maximum Gasteiger partial charge on any atom is 0.111 e. The second-order valence-corrected chi connectivity index (χ2v) is 5.55. The molecule has 0 aromatic heterocycles. The molecule has 16 heavy (non-hydrogen) atoms. The van der Waals surface area contributed by atoms with E-state index >= 15 is 0 Å². The number of rotatable bonds is 4. The summed E-state index contributed by atoms with van der Waals surface area (Å²) in [6, 6.07) is 2.47. The third kappa shape index (κ3) is 3.20. The Hall–Kier alpha value is -0.590. The summed E-state index contributed by atoms with van der Waals surface area (Å²) in [7, 11) is 0. The van der Waals surface area contributed by atoms with Crippen LogP contribution in [0.15, 0.2) is 0 Å². The molecular weight excluding hydrogens is 200 g/mol. The van der Waals surface area contributed by atoms with E-state index in [0.717, 1.165) is 25.8 Å². The number of hydrogen-bond donors (Lipinski definition) is 1.